The molecular formula is C18H19N3O4. The summed E-state index contributed by atoms with van der Waals surface area (Å²) >= 11 is 0. The van der Waals surface area contributed by atoms with Crippen LogP contribution in [0, 0.1) is 18.3 Å². The summed E-state index contributed by atoms with van der Waals surface area (Å²) in [6.45, 7) is 3.37. The molecule has 0 aliphatic heterocycles. The van der Waals surface area contributed by atoms with Gasteiger partial charge < -0.3 is 14.1 Å². The molecule has 0 fully saturated rings. The van der Waals surface area contributed by atoms with Gasteiger partial charge in [-0.05, 0) is 26.0 Å². The molecule has 0 radical (unpaired) electrons. The van der Waals surface area contributed by atoms with Crippen LogP contribution in [-0.4, -0.2) is 41.5 Å². The van der Waals surface area contributed by atoms with E-state index in [0.717, 1.165) is 5.56 Å². The topological polar surface area (TPSA) is 96.4 Å². The summed E-state index contributed by atoms with van der Waals surface area (Å²) in [5.74, 6) is -0.470. The first-order valence-electron chi connectivity index (χ1n) is 7.79. The van der Waals surface area contributed by atoms with Gasteiger partial charge in [0.2, 0.25) is 5.89 Å². The number of nitrogens with zero attached hydrogens (tertiary/aromatic N) is 3. The van der Waals surface area contributed by atoms with Crippen molar-refractivity contribution in [1.82, 2.24) is 9.88 Å². The Morgan fingerprint density at radius 1 is 1.36 bits per heavy atom. The van der Waals surface area contributed by atoms with Crippen molar-refractivity contribution < 1.29 is 18.7 Å². The van der Waals surface area contributed by atoms with Crippen LogP contribution in [0.2, 0.25) is 0 Å². The molecule has 0 aliphatic rings. The number of carbonyl (C=O) groups excluding carboxylic acids is 2. The molecule has 0 saturated heterocycles. The molecule has 0 saturated carbocycles. The van der Waals surface area contributed by atoms with E-state index in [9.17, 15) is 9.59 Å². The molecule has 2 rings (SSSR count). The van der Waals surface area contributed by atoms with E-state index in [-0.39, 0.29) is 24.6 Å². The molecule has 0 unspecified atom stereocenters. The third-order valence-electron chi connectivity index (χ3n) is 3.58. The van der Waals surface area contributed by atoms with Crippen LogP contribution in [0.15, 0.2) is 34.7 Å². The fourth-order valence-corrected chi connectivity index (χ4v) is 2.20. The Bertz CT molecular complexity index is 792. The van der Waals surface area contributed by atoms with E-state index >= 15 is 0 Å². The van der Waals surface area contributed by atoms with Crippen molar-refractivity contribution in [2.24, 2.45) is 0 Å². The van der Waals surface area contributed by atoms with Crippen LogP contribution in [0.4, 0.5) is 0 Å². The summed E-state index contributed by atoms with van der Waals surface area (Å²) in [7, 11) is 1.55. The van der Waals surface area contributed by atoms with E-state index in [2.05, 4.69) is 4.98 Å². The number of aromatic nitrogens is 1. The lowest BCUT2D eigenvalue weighted by atomic mass is 10.2. The number of hydrogen-bond donors (Lipinski definition) is 0. The van der Waals surface area contributed by atoms with E-state index in [0.29, 0.717) is 11.7 Å². The smallest absolute Gasteiger partial charge is 0.361 e. The van der Waals surface area contributed by atoms with E-state index in [1.807, 2.05) is 36.4 Å². The molecule has 0 spiro atoms. The molecule has 7 nitrogen and oxygen atoms in total. The van der Waals surface area contributed by atoms with Gasteiger partial charge in [0.1, 0.15) is 5.76 Å². The lowest BCUT2D eigenvalue weighted by Gasteiger charge is -2.20. The summed E-state index contributed by atoms with van der Waals surface area (Å²) in [5, 5.41) is 8.56. The highest BCUT2D eigenvalue weighted by molar-refractivity contribution is 5.91. The second-order valence-electron chi connectivity index (χ2n) is 5.51. The molecule has 7 heteroatoms. The third-order valence-corrected chi connectivity index (χ3v) is 3.58. The number of benzene rings is 1. The Morgan fingerprint density at radius 2 is 2.04 bits per heavy atom. The number of rotatable bonds is 6. The predicted octanol–water partition coefficient (Wildman–Crippen LogP) is 2.57. The molecule has 1 amide bonds. The number of hydrogen-bond acceptors (Lipinski definition) is 6. The van der Waals surface area contributed by atoms with Crippen molar-refractivity contribution in [2.75, 3.05) is 13.6 Å². The Balaban J connectivity index is 2.07. The van der Waals surface area contributed by atoms with Crippen molar-refractivity contribution in [3.8, 4) is 17.5 Å². The van der Waals surface area contributed by atoms with Crippen molar-refractivity contribution in [1.29, 1.82) is 5.26 Å². The van der Waals surface area contributed by atoms with E-state index in [1.54, 1.807) is 14.0 Å². The third kappa shape index (κ3) is 4.44. The number of oxazole rings is 1. The number of ether oxygens (including phenoxy) is 1. The minimum atomic E-state index is -0.979. The normalized spacial score (nSPS) is 11.4. The van der Waals surface area contributed by atoms with E-state index in [4.69, 9.17) is 14.4 Å². The summed E-state index contributed by atoms with van der Waals surface area (Å²) < 4.78 is 10.7. The lowest BCUT2D eigenvalue weighted by molar-refractivity contribution is -0.138. The number of aryl methyl sites for hydroxylation is 1. The van der Waals surface area contributed by atoms with Crippen LogP contribution in [0.5, 0.6) is 0 Å². The van der Waals surface area contributed by atoms with Crippen LogP contribution in [0.25, 0.3) is 11.5 Å². The quantitative estimate of drug-likeness (QED) is 0.749. The highest BCUT2D eigenvalue weighted by atomic mass is 16.5. The molecule has 25 heavy (non-hydrogen) atoms. The second-order valence-corrected chi connectivity index (χ2v) is 5.51. The summed E-state index contributed by atoms with van der Waals surface area (Å²) in [6, 6.07) is 11.1. The van der Waals surface area contributed by atoms with Crippen LogP contribution in [0.1, 0.15) is 29.6 Å². The lowest BCUT2D eigenvalue weighted by Crippen LogP contribution is -2.38. The number of likely N-dealkylation sites (N-methyl/N-ethyl adjacent to an activating group) is 1. The van der Waals surface area contributed by atoms with Crippen molar-refractivity contribution in [3.63, 3.8) is 0 Å². The molecule has 130 valence electrons. The average Bonchev–Trinajstić information content (AvgIpc) is 3.01. The SMILES string of the molecule is Cc1oc(-c2ccccc2)nc1C(=O)O[C@H](C)C(=O)N(C)CCC#N. The highest BCUT2D eigenvalue weighted by Crippen LogP contribution is 2.22. The standard InChI is InChI=1S/C18H19N3O4/c1-12-15(20-16(24-12)14-8-5-4-6-9-14)18(23)25-13(2)17(22)21(3)11-7-10-19/h4-6,8-9,13H,7,11H2,1-3H3/t13-/m1/s1. The monoisotopic (exact) mass is 341 g/mol. The summed E-state index contributed by atoms with van der Waals surface area (Å²) in [4.78, 5) is 29.9. The van der Waals surface area contributed by atoms with Crippen molar-refractivity contribution in [3.05, 3.63) is 41.8 Å². The molecule has 1 atom stereocenters. The number of nitriles is 1. The number of amides is 1. The minimum absolute atomic E-state index is 0.0400. The molecule has 1 heterocycles. The highest BCUT2D eigenvalue weighted by Gasteiger charge is 2.25. The van der Waals surface area contributed by atoms with Crippen LogP contribution >= 0.6 is 0 Å². The maximum Gasteiger partial charge on any atom is 0.361 e. The number of carbonyl (C=O) groups is 2. The Kier molecular flexibility index (Phi) is 5.90. The molecule has 0 N–H and O–H groups in total. The van der Waals surface area contributed by atoms with Crippen LogP contribution in [-0.2, 0) is 9.53 Å². The first-order valence-corrected chi connectivity index (χ1v) is 7.79. The van der Waals surface area contributed by atoms with Gasteiger partial charge in [-0.15, -0.1) is 0 Å². The van der Waals surface area contributed by atoms with E-state index in [1.165, 1.54) is 11.8 Å². The van der Waals surface area contributed by atoms with Gasteiger partial charge in [0.05, 0.1) is 12.5 Å². The van der Waals surface area contributed by atoms with Crippen molar-refractivity contribution >= 4 is 11.9 Å². The van der Waals surface area contributed by atoms with Gasteiger partial charge in [-0.2, -0.15) is 5.26 Å². The minimum Gasteiger partial charge on any atom is -0.448 e. The molecule has 1 aromatic carbocycles. The van der Waals surface area contributed by atoms with Gasteiger partial charge in [0.25, 0.3) is 5.91 Å². The zero-order valence-corrected chi connectivity index (χ0v) is 14.4. The predicted molar refractivity (Wildman–Crippen MR) is 89.4 cm³/mol. The van der Waals surface area contributed by atoms with Gasteiger partial charge in [-0.25, -0.2) is 9.78 Å². The van der Waals surface area contributed by atoms with Gasteiger partial charge in [0.15, 0.2) is 11.8 Å². The van der Waals surface area contributed by atoms with Gasteiger partial charge in [-0.1, -0.05) is 18.2 Å². The van der Waals surface area contributed by atoms with Crippen molar-refractivity contribution in [2.45, 2.75) is 26.4 Å². The van der Waals surface area contributed by atoms with Gasteiger partial charge in [-0.3, -0.25) is 4.79 Å². The maximum atomic E-state index is 12.3. The van der Waals surface area contributed by atoms with E-state index < -0.39 is 12.1 Å². The molecule has 0 bridgehead atoms. The Morgan fingerprint density at radius 3 is 2.68 bits per heavy atom. The average molecular weight is 341 g/mol. The molecule has 1 aromatic heterocycles. The number of esters is 1. The summed E-state index contributed by atoms with van der Waals surface area (Å²) in [5.41, 5.74) is 0.781. The maximum absolute atomic E-state index is 12.3. The van der Waals surface area contributed by atoms with Crippen LogP contribution < -0.4 is 0 Å². The zero-order valence-electron chi connectivity index (χ0n) is 14.4. The summed E-state index contributed by atoms with van der Waals surface area (Å²) in [6.07, 6.45) is -0.765. The molecule has 2 aromatic rings. The zero-order chi connectivity index (χ0) is 18.4. The fraction of sp³-hybridized carbons (Fsp3) is 0.333. The largest absolute Gasteiger partial charge is 0.448 e. The Labute approximate surface area is 145 Å². The fourth-order valence-electron chi connectivity index (χ4n) is 2.20. The molecular weight excluding hydrogens is 322 g/mol. The van der Waals surface area contributed by atoms with Gasteiger partial charge in [0, 0.05) is 19.2 Å². The first kappa shape index (κ1) is 18.2. The van der Waals surface area contributed by atoms with Gasteiger partial charge >= 0.3 is 5.97 Å². The first-order chi connectivity index (χ1) is 11.9. The molecule has 0 aliphatic carbocycles. The Hall–Kier alpha value is -3.14. The second kappa shape index (κ2) is 8.11. The van der Waals surface area contributed by atoms with Crippen LogP contribution in [0.3, 0.4) is 0 Å².